The lowest BCUT2D eigenvalue weighted by Gasteiger charge is -2.30. The Kier molecular flexibility index (Phi) is 4.27. The third kappa shape index (κ3) is 3.10. The Labute approximate surface area is 118 Å². The van der Waals surface area contributed by atoms with Gasteiger partial charge in [0.2, 0.25) is 0 Å². The lowest BCUT2D eigenvalue weighted by Crippen LogP contribution is -2.42. The fourth-order valence-electron chi connectivity index (χ4n) is 2.45. The molecule has 0 radical (unpaired) electrons. The van der Waals surface area contributed by atoms with Gasteiger partial charge in [-0.3, -0.25) is 9.59 Å². The Morgan fingerprint density at radius 3 is 2.45 bits per heavy atom. The number of rotatable bonds is 3. The molecule has 0 spiro atoms. The van der Waals surface area contributed by atoms with E-state index in [2.05, 4.69) is 0 Å². The smallest absolute Gasteiger partial charge is 0.308 e. The van der Waals surface area contributed by atoms with Crippen molar-refractivity contribution in [2.75, 3.05) is 32.1 Å². The molecule has 108 valence electrons. The van der Waals surface area contributed by atoms with Crippen LogP contribution in [0.3, 0.4) is 0 Å². The molecule has 1 amide bonds. The van der Waals surface area contributed by atoms with Crippen molar-refractivity contribution in [1.82, 2.24) is 4.90 Å². The number of likely N-dealkylation sites (tertiary alicyclic amines) is 1. The molecule has 0 unspecified atom stereocenters. The number of aliphatic carboxylic acids is 1. The van der Waals surface area contributed by atoms with Gasteiger partial charge in [-0.15, -0.1) is 0 Å². The van der Waals surface area contributed by atoms with Gasteiger partial charge in [0, 0.05) is 38.4 Å². The second-order valence-electron chi connectivity index (χ2n) is 5.37. The summed E-state index contributed by atoms with van der Waals surface area (Å²) in [4.78, 5) is 27.0. The van der Waals surface area contributed by atoms with Gasteiger partial charge in [0.05, 0.1) is 5.92 Å². The monoisotopic (exact) mass is 276 g/mol. The first-order chi connectivity index (χ1) is 9.49. The van der Waals surface area contributed by atoms with E-state index >= 15 is 0 Å². The Morgan fingerprint density at radius 2 is 1.90 bits per heavy atom. The van der Waals surface area contributed by atoms with E-state index in [9.17, 15) is 9.59 Å². The molecule has 1 saturated heterocycles. The van der Waals surface area contributed by atoms with Crippen LogP contribution in [0.25, 0.3) is 0 Å². The first kappa shape index (κ1) is 14.4. The number of carbonyl (C=O) groups is 2. The zero-order valence-corrected chi connectivity index (χ0v) is 11.9. The number of carboxylic acids is 1. The number of carbonyl (C=O) groups excluding carboxylic acids is 1. The summed E-state index contributed by atoms with van der Waals surface area (Å²) < 4.78 is 0. The van der Waals surface area contributed by atoms with E-state index in [0.29, 0.717) is 25.1 Å². The number of carboxylic acid groups (broad SMARTS) is 1. The number of amides is 1. The van der Waals surface area contributed by atoms with Crippen LogP contribution in [0.5, 0.6) is 0 Å². The predicted octanol–water partition coefficient (Wildman–Crippen LogP) is 1.69. The molecular formula is C15H20N2O3. The summed E-state index contributed by atoms with van der Waals surface area (Å²) in [6.45, 7) is 0.946. The number of hydrogen-bond acceptors (Lipinski definition) is 3. The van der Waals surface area contributed by atoms with Crippen molar-refractivity contribution in [1.29, 1.82) is 0 Å². The van der Waals surface area contributed by atoms with Gasteiger partial charge in [0.25, 0.3) is 5.91 Å². The minimum Gasteiger partial charge on any atom is -0.481 e. The number of hydrogen-bond donors (Lipinski definition) is 1. The fourth-order valence-corrected chi connectivity index (χ4v) is 2.45. The highest BCUT2D eigenvalue weighted by Crippen LogP contribution is 2.20. The normalized spacial score (nSPS) is 18.7. The Morgan fingerprint density at radius 1 is 1.25 bits per heavy atom. The van der Waals surface area contributed by atoms with Crippen LogP contribution in [0.2, 0.25) is 0 Å². The highest BCUT2D eigenvalue weighted by molar-refractivity contribution is 5.95. The van der Waals surface area contributed by atoms with Crippen LogP contribution in [0.1, 0.15) is 23.2 Å². The summed E-state index contributed by atoms with van der Waals surface area (Å²) >= 11 is 0. The molecule has 20 heavy (non-hydrogen) atoms. The number of anilines is 1. The Hall–Kier alpha value is -2.04. The fraction of sp³-hybridized carbons (Fsp3) is 0.467. The number of benzene rings is 1. The van der Waals surface area contributed by atoms with E-state index in [1.54, 1.807) is 17.0 Å². The van der Waals surface area contributed by atoms with Gasteiger partial charge in [0.15, 0.2) is 0 Å². The maximum absolute atomic E-state index is 12.4. The molecule has 2 rings (SSSR count). The standard InChI is InChI=1S/C15H20N2O3/c1-16(2)13-7-5-11(6-8-13)14(18)17-9-3-4-12(10-17)15(19)20/h5-8,12H,3-4,9-10H2,1-2H3,(H,19,20)/t12-/m0/s1. The van der Waals surface area contributed by atoms with E-state index in [-0.39, 0.29) is 5.91 Å². The third-order valence-corrected chi connectivity index (χ3v) is 3.69. The molecule has 0 saturated carbocycles. The molecule has 1 aromatic carbocycles. The number of piperidine rings is 1. The molecule has 0 aliphatic carbocycles. The lowest BCUT2D eigenvalue weighted by atomic mass is 9.97. The van der Waals surface area contributed by atoms with Crippen molar-refractivity contribution >= 4 is 17.6 Å². The summed E-state index contributed by atoms with van der Waals surface area (Å²) in [5.41, 5.74) is 1.64. The van der Waals surface area contributed by atoms with Crippen molar-refractivity contribution in [3.8, 4) is 0 Å². The molecule has 1 aliphatic heterocycles. The summed E-state index contributed by atoms with van der Waals surface area (Å²) in [6.07, 6.45) is 1.40. The summed E-state index contributed by atoms with van der Waals surface area (Å²) in [6, 6.07) is 7.38. The van der Waals surface area contributed by atoms with Crippen LogP contribution in [-0.2, 0) is 4.79 Å². The summed E-state index contributed by atoms with van der Waals surface area (Å²) in [7, 11) is 3.89. The first-order valence-electron chi connectivity index (χ1n) is 6.78. The minimum atomic E-state index is -0.814. The molecular weight excluding hydrogens is 256 g/mol. The first-order valence-corrected chi connectivity index (χ1v) is 6.78. The van der Waals surface area contributed by atoms with Crippen LogP contribution < -0.4 is 4.90 Å². The zero-order chi connectivity index (χ0) is 14.7. The molecule has 1 N–H and O–H groups in total. The van der Waals surface area contributed by atoms with Gasteiger partial charge in [-0.2, -0.15) is 0 Å². The van der Waals surface area contributed by atoms with Crippen LogP contribution in [-0.4, -0.2) is 49.1 Å². The SMILES string of the molecule is CN(C)c1ccc(C(=O)N2CCC[C@H](C(=O)O)C2)cc1. The van der Waals surface area contributed by atoms with E-state index in [0.717, 1.165) is 12.1 Å². The van der Waals surface area contributed by atoms with Crippen molar-refractivity contribution in [3.05, 3.63) is 29.8 Å². The van der Waals surface area contributed by atoms with Gasteiger partial charge in [0.1, 0.15) is 0 Å². The average Bonchev–Trinajstić information content (AvgIpc) is 2.46. The minimum absolute atomic E-state index is 0.0822. The van der Waals surface area contributed by atoms with Gasteiger partial charge in [-0.25, -0.2) is 0 Å². The predicted molar refractivity (Wildman–Crippen MR) is 77.0 cm³/mol. The molecule has 1 aliphatic rings. The van der Waals surface area contributed by atoms with Crippen molar-refractivity contribution < 1.29 is 14.7 Å². The van der Waals surface area contributed by atoms with Crippen molar-refractivity contribution in [2.45, 2.75) is 12.8 Å². The molecule has 1 atom stereocenters. The molecule has 1 fully saturated rings. The van der Waals surface area contributed by atoms with Crippen molar-refractivity contribution in [2.24, 2.45) is 5.92 Å². The molecule has 5 nitrogen and oxygen atoms in total. The Bertz CT molecular complexity index is 496. The largest absolute Gasteiger partial charge is 0.481 e. The van der Waals surface area contributed by atoms with Crippen LogP contribution in [0, 0.1) is 5.92 Å². The highest BCUT2D eigenvalue weighted by Gasteiger charge is 2.28. The molecule has 0 bridgehead atoms. The van der Waals surface area contributed by atoms with Crippen molar-refractivity contribution in [3.63, 3.8) is 0 Å². The summed E-state index contributed by atoms with van der Waals surface area (Å²) in [5, 5.41) is 9.06. The molecule has 5 heteroatoms. The zero-order valence-electron chi connectivity index (χ0n) is 11.9. The van der Waals surface area contributed by atoms with Gasteiger partial charge in [-0.1, -0.05) is 0 Å². The van der Waals surface area contributed by atoms with Crippen LogP contribution in [0.4, 0.5) is 5.69 Å². The molecule has 1 aromatic rings. The second-order valence-corrected chi connectivity index (χ2v) is 5.37. The van der Waals surface area contributed by atoms with Gasteiger partial charge < -0.3 is 14.9 Å². The Balaban J connectivity index is 2.08. The topological polar surface area (TPSA) is 60.9 Å². The van der Waals surface area contributed by atoms with Gasteiger partial charge in [-0.05, 0) is 37.1 Å². The van der Waals surface area contributed by atoms with E-state index in [1.165, 1.54) is 0 Å². The van der Waals surface area contributed by atoms with E-state index < -0.39 is 11.9 Å². The van der Waals surface area contributed by atoms with Gasteiger partial charge >= 0.3 is 5.97 Å². The third-order valence-electron chi connectivity index (χ3n) is 3.69. The average molecular weight is 276 g/mol. The second kappa shape index (κ2) is 5.94. The maximum atomic E-state index is 12.4. The van der Waals surface area contributed by atoms with E-state index in [4.69, 9.17) is 5.11 Å². The number of nitrogens with zero attached hydrogens (tertiary/aromatic N) is 2. The highest BCUT2D eigenvalue weighted by atomic mass is 16.4. The molecule has 0 aromatic heterocycles. The molecule has 1 heterocycles. The summed E-state index contributed by atoms with van der Waals surface area (Å²) in [5.74, 6) is -1.33. The van der Waals surface area contributed by atoms with Crippen LogP contribution >= 0.6 is 0 Å². The lowest BCUT2D eigenvalue weighted by molar-refractivity contribution is -0.143. The quantitative estimate of drug-likeness (QED) is 0.912. The maximum Gasteiger partial charge on any atom is 0.308 e. The van der Waals surface area contributed by atoms with E-state index in [1.807, 2.05) is 31.1 Å². The van der Waals surface area contributed by atoms with Crippen LogP contribution in [0.15, 0.2) is 24.3 Å².